The summed E-state index contributed by atoms with van der Waals surface area (Å²) >= 11 is 0. The fourth-order valence-electron chi connectivity index (χ4n) is 6.91. The van der Waals surface area contributed by atoms with Gasteiger partial charge < -0.3 is 4.57 Å². The first-order valence-corrected chi connectivity index (χ1v) is 15.1. The minimum atomic E-state index is -2.56. The molecule has 0 aliphatic carbocycles. The Morgan fingerprint density at radius 3 is 2.38 bits per heavy atom. The van der Waals surface area contributed by atoms with Crippen LogP contribution in [0, 0.1) is 0 Å². The average Bonchev–Trinajstić information content (AvgIpc) is 3.73. The van der Waals surface area contributed by atoms with Crippen LogP contribution in [0.3, 0.4) is 0 Å². The molecule has 4 heterocycles. The molecule has 2 aromatic carbocycles. The molecule has 3 aliphatic rings. The predicted molar refractivity (Wildman–Crippen MR) is 153 cm³/mol. The second-order valence-corrected chi connectivity index (χ2v) is 12.0. The minimum absolute atomic E-state index is 0.0124. The van der Waals surface area contributed by atoms with Crippen LogP contribution in [0.5, 0.6) is 0 Å². The molecule has 0 spiro atoms. The molecule has 2 atom stereocenters. The van der Waals surface area contributed by atoms with Gasteiger partial charge in [0.15, 0.2) is 5.82 Å². The largest absolute Gasteiger partial charge is 0.312 e. The topological polar surface area (TPSA) is 40.4 Å². The number of halogens is 2. The molecule has 0 radical (unpaired) electrons. The highest BCUT2D eigenvalue weighted by Gasteiger charge is 2.36. The number of alkyl halides is 2. The van der Waals surface area contributed by atoms with Crippen molar-refractivity contribution >= 4 is 0 Å². The first kappa shape index (κ1) is 27.5. The van der Waals surface area contributed by atoms with Crippen LogP contribution in [-0.4, -0.2) is 80.7 Å². The maximum absolute atomic E-state index is 13.8. The number of aromatic nitrogens is 3. The van der Waals surface area contributed by atoms with E-state index < -0.39 is 5.92 Å². The fraction of sp³-hybridized carbons (Fsp3) is 0.562. The van der Waals surface area contributed by atoms with Gasteiger partial charge in [0.1, 0.15) is 6.33 Å². The normalized spacial score (nSPS) is 23.1. The van der Waals surface area contributed by atoms with E-state index >= 15 is 0 Å². The maximum atomic E-state index is 13.8. The second-order valence-electron chi connectivity index (χ2n) is 12.0. The number of rotatable bonds is 10. The third kappa shape index (κ3) is 6.78. The molecular formula is C32H42F2N6. The van der Waals surface area contributed by atoms with Gasteiger partial charge in [-0.1, -0.05) is 54.6 Å². The van der Waals surface area contributed by atoms with Gasteiger partial charge in [0.2, 0.25) is 0 Å². The number of hydrogen-bond donors (Lipinski definition) is 0. The van der Waals surface area contributed by atoms with Gasteiger partial charge in [-0.25, -0.2) is 8.78 Å². The van der Waals surface area contributed by atoms with E-state index in [9.17, 15) is 8.78 Å². The second kappa shape index (κ2) is 12.5. The summed E-state index contributed by atoms with van der Waals surface area (Å²) in [6, 6.07) is 20.0. The lowest BCUT2D eigenvalue weighted by Gasteiger charge is -2.32. The van der Waals surface area contributed by atoms with E-state index in [4.69, 9.17) is 0 Å². The first-order valence-electron chi connectivity index (χ1n) is 15.1. The Morgan fingerprint density at radius 1 is 0.850 bits per heavy atom. The third-order valence-electron chi connectivity index (χ3n) is 9.04. The number of nitrogens with zero attached hydrogens (tertiary/aromatic N) is 6. The molecular weight excluding hydrogens is 506 g/mol. The van der Waals surface area contributed by atoms with E-state index in [-0.39, 0.29) is 19.0 Å². The smallest absolute Gasteiger partial charge is 0.260 e. The summed E-state index contributed by atoms with van der Waals surface area (Å²) in [7, 11) is 0. The average molecular weight is 549 g/mol. The van der Waals surface area contributed by atoms with Crippen LogP contribution < -0.4 is 0 Å². The van der Waals surface area contributed by atoms with E-state index in [0.29, 0.717) is 19.0 Å². The molecule has 8 heteroatoms. The molecule has 0 saturated carbocycles. The van der Waals surface area contributed by atoms with Crippen molar-refractivity contribution < 1.29 is 8.78 Å². The minimum Gasteiger partial charge on any atom is -0.312 e. The molecule has 3 aromatic rings. The standard InChI is InChI=1S/C32H42F2N6/c33-32(34)16-6-17-37(24-32)21-28-11-9-26(10-12-28)13-14-30(39-20-15-29(23-39)38-18-4-5-19-38)31-36-35-25-40(31)22-27-7-2-1-3-8-27/h1-3,7-12,25,29-30H,4-6,13-24H2/t29-,30?/m0/s1. The number of benzene rings is 2. The van der Waals surface area contributed by atoms with Crippen LogP contribution in [0.2, 0.25) is 0 Å². The number of hydrogen-bond acceptors (Lipinski definition) is 5. The van der Waals surface area contributed by atoms with Crippen molar-refractivity contribution in [2.24, 2.45) is 0 Å². The quantitative estimate of drug-likeness (QED) is 0.339. The van der Waals surface area contributed by atoms with E-state index in [1.54, 1.807) is 0 Å². The summed E-state index contributed by atoms with van der Waals surface area (Å²) in [4.78, 5) is 7.21. The van der Waals surface area contributed by atoms with E-state index in [0.717, 1.165) is 50.4 Å². The van der Waals surface area contributed by atoms with Crippen LogP contribution in [0.15, 0.2) is 60.9 Å². The Balaban J connectivity index is 1.14. The Kier molecular flexibility index (Phi) is 8.56. The van der Waals surface area contributed by atoms with Crippen molar-refractivity contribution in [1.29, 1.82) is 0 Å². The van der Waals surface area contributed by atoms with Gasteiger partial charge >= 0.3 is 0 Å². The first-order chi connectivity index (χ1) is 19.5. The number of piperidine rings is 1. The summed E-state index contributed by atoms with van der Waals surface area (Å²) in [5.41, 5.74) is 3.64. The molecule has 0 bridgehead atoms. The maximum Gasteiger partial charge on any atom is 0.260 e. The van der Waals surface area contributed by atoms with Crippen LogP contribution in [0.25, 0.3) is 0 Å². The van der Waals surface area contributed by atoms with Gasteiger partial charge in [0.05, 0.1) is 19.1 Å². The van der Waals surface area contributed by atoms with Crippen LogP contribution in [0.1, 0.15) is 67.1 Å². The zero-order valence-electron chi connectivity index (χ0n) is 23.5. The lowest BCUT2D eigenvalue weighted by Crippen LogP contribution is -2.41. The molecule has 3 saturated heterocycles. The molecule has 214 valence electrons. The number of aryl methyl sites for hydroxylation is 1. The summed E-state index contributed by atoms with van der Waals surface area (Å²) in [5, 5.41) is 9.03. The summed E-state index contributed by atoms with van der Waals surface area (Å²) < 4.78 is 29.9. The molecule has 6 nitrogen and oxygen atoms in total. The highest BCUT2D eigenvalue weighted by molar-refractivity contribution is 5.23. The third-order valence-corrected chi connectivity index (χ3v) is 9.04. The highest BCUT2D eigenvalue weighted by atomic mass is 19.3. The van der Waals surface area contributed by atoms with Gasteiger partial charge in [0.25, 0.3) is 5.92 Å². The van der Waals surface area contributed by atoms with Gasteiger partial charge in [0, 0.05) is 32.1 Å². The predicted octanol–water partition coefficient (Wildman–Crippen LogP) is 5.40. The van der Waals surface area contributed by atoms with Crippen molar-refractivity contribution in [2.45, 2.75) is 76.0 Å². The van der Waals surface area contributed by atoms with Crippen LogP contribution in [-0.2, 0) is 19.5 Å². The van der Waals surface area contributed by atoms with Crippen molar-refractivity contribution in [3.63, 3.8) is 0 Å². The van der Waals surface area contributed by atoms with Gasteiger partial charge in [-0.3, -0.25) is 14.7 Å². The molecule has 1 aromatic heterocycles. The Labute approximate surface area is 237 Å². The lowest BCUT2D eigenvalue weighted by molar-refractivity contribution is -0.0661. The Hall–Kier alpha value is -2.68. The summed E-state index contributed by atoms with van der Waals surface area (Å²) in [6.45, 7) is 6.61. The van der Waals surface area contributed by atoms with E-state index in [1.807, 2.05) is 11.2 Å². The molecule has 6 rings (SSSR count). The SMILES string of the molecule is FC1(F)CCCN(Cc2ccc(CCC(c3nncn3Cc3ccccc3)N3CC[C@H](N4CCCC4)C3)cc2)C1. The van der Waals surface area contributed by atoms with Gasteiger partial charge in [-0.2, -0.15) is 0 Å². The molecule has 3 aliphatic heterocycles. The van der Waals surface area contributed by atoms with Gasteiger partial charge in [-0.15, -0.1) is 10.2 Å². The Morgan fingerprint density at radius 2 is 1.60 bits per heavy atom. The highest BCUT2D eigenvalue weighted by Crippen LogP contribution is 2.32. The zero-order chi connectivity index (χ0) is 27.4. The van der Waals surface area contributed by atoms with Crippen molar-refractivity contribution in [3.8, 4) is 0 Å². The summed E-state index contributed by atoms with van der Waals surface area (Å²) in [5.74, 6) is -1.51. The fourth-order valence-corrected chi connectivity index (χ4v) is 6.91. The molecule has 3 fully saturated rings. The van der Waals surface area contributed by atoms with Crippen molar-refractivity contribution in [2.75, 3.05) is 39.3 Å². The summed E-state index contributed by atoms with van der Waals surface area (Å²) in [6.07, 6.45) is 8.22. The zero-order valence-corrected chi connectivity index (χ0v) is 23.5. The monoisotopic (exact) mass is 548 g/mol. The lowest BCUT2D eigenvalue weighted by atomic mass is 10.0. The molecule has 40 heavy (non-hydrogen) atoms. The van der Waals surface area contributed by atoms with Crippen LogP contribution >= 0.6 is 0 Å². The van der Waals surface area contributed by atoms with E-state index in [2.05, 4.69) is 79.2 Å². The van der Waals surface area contributed by atoms with E-state index in [1.165, 1.54) is 43.5 Å². The number of likely N-dealkylation sites (tertiary alicyclic amines) is 3. The van der Waals surface area contributed by atoms with Gasteiger partial charge in [-0.05, 0) is 74.8 Å². The van der Waals surface area contributed by atoms with Crippen LogP contribution in [0.4, 0.5) is 8.78 Å². The molecule has 0 N–H and O–H groups in total. The van der Waals surface area contributed by atoms with Crippen molar-refractivity contribution in [3.05, 3.63) is 83.4 Å². The Bertz CT molecular complexity index is 1210. The molecule has 1 unspecified atom stereocenters. The molecule has 0 amide bonds. The van der Waals surface area contributed by atoms with Crippen molar-refractivity contribution in [1.82, 2.24) is 29.5 Å².